The minimum absolute atomic E-state index is 0.0192. The largest absolute Gasteiger partial charge is 0.352 e. The number of amides is 3. The molecule has 3 aliphatic rings. The number of nitrogens with one attached hydrogen (secondary N) is 1. The molecule has 2 fully saturated rings. The third-order valence-electron chi connectivity index (χ3n) is 6.72. The number of nitrogens with zero attached hydrogens (tertiary/aromatic N) is 3. The summed E-state index contributed by atoms with van der Waals surface area (Å²) >= 11 is 0. The molecule has 1 atom stereocenters. The van der Waals surface area contributed by atoms with E-state index in [4.69, 9.17) is 0 Å². The number of hydrogen-bond acceptors (Lipinski definition) is 4. The highest BCUT2D eigenvalue weighted by atomic mass is 16.2. The molecular formula is C22H30N4O3. The molecule has 0 bridgehead atoms. The van der Waals surface area contributed by atoms with Crippen LogP contribution in [0.25, 0.3) is 0 Å². The number of rotatable bonds is 3. The molecule has 0 unspecified atom stereocenters. The normalized spacial score (nSPS) is 23.3. The van der Waals surface area contributed by atoms with Gasteiger partial charge in [0.2, 0.25) is 17.7 Å². The molecule has 7 heteroatoms. The van der Waals surface area contributed by atoms with Crippen molar-refractivity contribution in [3.05, 3.63) is 29.8 Å². The van der Waals surface area contributed by atoms with Gasteiger partial charge >= 0.3 is 0 Å². The fourth-order valence-electron chi connectivity index (χ4n) is 5.37. The topological polar surface area (TPSA) is 73.0 Å². The maximum Gasteiger partial charge on any atom is 0.241 e. The van der Waals surface area contributed by atoms with Gasteiger partial charge in [-0.3, -0.25) is 19.3 Å². The van der Waals surface area contributed by atoms with Gasteiger partial charge in [0.05, 0.1) is 6.54 Å². The van der Waals surface area contributed by atoms with Crippen LogP contribution >= 0.6 is 0 Å². The summed E-state index contributed by atoms with van der Waals surface area (Å²) in [5.74, 6) is 0.164. The number of carbonyl (C=O) groups excluding carboxylic acids is 3. The molecule has 1 N–H and O–H groups in total. The Bertz CT molecular complexity index is 816. The number of fused-ring (bicyclic) bond motifs is 1. The summed E-state index contributed by atoms with van der Waals surface area (Å²) in [5.41, 5.74) is 2.09. The van der Waals surface area contributed by atoms with E-state index in [-0.39, 0.29) is 29.3 Å². The molecule has 1 aromatic carbocycles. The van der Waals surface area contributed by atoms with Gasteiger partial charge in [-0.1, -0.05) is 18.2 Å². The smallest absolute Gasteiger partial charge is 0.241 e. The van der Waals surface area contributed by atoms with Crippen LogP contribution in [0.3, 0.4) is 0 Å². The summed E-state index contributed by atoms with van der Waals surface area (Å²) in [7, 11) is 0. The third-order valence-corrected chi connectivity index (χ3v) is 6.72. The zero-order valence-corrected chi connectivity index (χ0v) is 17.3. The van der Waals surface area contributed by atoms with Crippen LogP contribution in [0.1, 0.15) is 38.7 Å². The van der Waals surface area contributed by atoms with Gasteiger partial charge in [-0.05, 0) is 37.3 Å². The van der Waals surface area contributed by atoms with Gasteiger partial charge in [-0.15, -0.1) is 0 Å². The molecule has 29 heavy (non-hydrogen) atoms. The van der Waals surface area contributed by atoms with Crippen molar-refractivity contribution in [3.8, 4) is 0 Å². The molecule has 4 rings (SSSR count). The van der Waals surface area contributed by atoms with Crippen LogP contribution in [0.2, 0.25) is 0 Å². The summed E-state index contributed by atoms with van der Waals surface area (Å²) in [6.07, 6.45) is 3.40. The molecule has 0 radical (unpaired) electrons. The average Bonchev–Trinajstić information content (AvgIpc) is 3.25. The maximum absolute atomic E-state index is 12.9. The van der Waals surface area contributed by atoms with Gasteiger partial charge in [0.25, 0.3) is 0 Å². The summed E-state index contributed by atoms with van der Waals surface area (Å²) in [4.78, 5) is 42.7. The first-order valence-electron chi connectivity index (χ1n) is 10.5. The lowest BCUT2D eigenvalue weighted by Gasteiger charge is -2.44. The molecule has 156 valence electrons. The number of anilines is 1. The Morgan fingerprint density at radius 1 is 1.10 bits per heavy atom. The Balaban J connectivity index is 1.37. The van der Waals surface area contributed by atoms with E-state index in [0.29, 0.717) is 13.1 Å². The SMILES string of the molecule is CC(=O)N[C@H]1CN(C(C)=O)C2(CCN(CC(=O)N3CCc4ccccc43)CC2)C1. The van der Waals surface area contributed by atoms with Crippen molar-refractivity contribution in [1.82, 2.24) is 15.1 Å². The van der Waals surface area contributed by atoms with Crippen LogP contribution in [0, 0.1) is 0 Å². The predicted molar refractivity (Wildman–Crippen MR) is 111 cm³/mol. The number of para-hydroxylation sites is 1. The Morgan fingerprint density at radius 3 is 2.52 bits per heavy atom. The average molecular weight is 399 g/mol. The lowest BCUT2D eigenvalue weighted by molar-refractivity contribution is -0.135. The quantitative estimate of drug-likeness (QED) is 0.830. The van der Waals surface area contributed by atoms with Gasteiger partial charge in [0.1, 0.15) is 0 Å². The van der Waals surface area contributed by atoms with Gasteiger partial charge in [0, 0.05) is 57.3 Å². The second-order valence-electron chi connectivity index (χ2n) is 8.66. The van der Waals surface area contributed by atoms with Crippen LogP contribution in [-0.2, 0) is 20.8 Å². The summed E-state index contributed by atoms with van der Waals surface area (Å²) in [6.45, 7) is 6.46. The van der Waals surface area contributed by atoms with E-state index in [1.54, 1.807) is 6.92 Å². The van der Waals surface area contributed by atoms with Gasteiger partial charge in [0.15, 0.2) is 0 Å². The molecule has 3 aliphatic heterocycles. The van der Waals surface area contributed by atoms with E-state index in [1.165, 1.54) is 12.5 Å². The molecule has 3 heterocycles. The van der Waals surface area contributed by atoms with E-state index >= 15 is 0 Å². The summed E-state index contributed by atoms with van der Waals surface area (Å²) in [6, 6.07) is 8.14. The second-order valence-corrected chi connectivity index (χ2v) is 8.66. The van der Waals surface area contributed by atoms with Crippen molar-refractivity contribution in [2.75, 3.05) is 37.6 Å². The van der Waals surface area contributed by atoms with Crippen LogP contribution in [0.15, 0.2) is 24.3 Å². The number of hydrogen-bond donors (Lipinski definition) is 1. The fourth-order valence-corrected chi connectivity index (χ4v) is 5.37. The Labute approximate surface area is 172 Å². The first kappa shape index (κ1) is 19.9. The van der Waals surface area contributed by atoms with Crippen molar-refractivity contribution < 1.29 is 14.4 Å². The van der Waals surface area contributed by atoms with Gasteiger partial charge < -0.3 is 15.1 Å². The number of piperidine rings is 1. The highest BCUT2D eigenvalue weighted by Gasteiger charge is 2.48. The second kappa shape index (κ2) is 7.78. The first-order valence-corrected chi connectivity index (χ1v) is 10.5. The number of carbonyl (C=O) groups is 3. The van der Waals surface area contributed by atoms with E-state index in [0.717, 1.165) is 51.0 Å². The monoisotopic (exact) mass is 398 g/mol. The number of benzene rings is 1. The molecule has 1 aromatic rings. The van der Waals surface area contributed by atoms with Crippen molar-refractivity contribution >= 4 is 23.4 Å². The standard InChI is InChI=1S/C22H30N4O3/c1-16(27)23-19-13-22(26(14-19)17(2)28)8-11-24(12-9-22)15-21(29)25-10-7-18-5-3-4-6-20(18)25/h3-6,19H,7-15H2,1-2H3,(H,23,27)/t19-/m1/s1. The number of likely N-dealkylation sites (tertiary alicyclic amines) is 2. The summed E-state index contributed by atoms with van der Waals surface area (Å²) in [5, 5.41) is 2.98. The van der Waals surface area contributed by atoms with Crippen molar-refractivity contribution in [3.63, 3.8) is 0 Å². The van der Waals surface area contributed by atoms with Gasteiger partial charge in [-0.2, -0.15) is 0 Å². The van der Waals surface area contributed by atoms with E-state index < -0.39 is 0 Å². The Hall–Kier alpha value is -2.41. The minimum atomic E-state index is -0.196. The van der Waals surface area contributed by atoms with E-state index in [9.17, 15) is 14.4 Å². The van der Waals surface area contributed by atoms with Crippen LogP contribution in [0.5, 0.6) is 0 Å². The lowest BCUT2D eigenvalue weighted by Crippen LogP contribution is -2.54. The van der Waals surface area contributed by atoms with E-state index in [1.807, 2.05) is 28.0 Å². The molecule has 3 amide bonds. The minimum Gasteiger partial charge on any atom is -0.352 e. The fraction of sp³-hybridized carbons (Fsp3) is 0.591. The molecule has 0 saturated carbocycles. The molecular weight excluding hydrogens is 368 g/mol. The van der Waals surface area contributed by atoms with Crippen LogP contribution < -0.4 is 10.2 Å². The maximum atomic E-state index is 12.9. The lowest BCUT2D eigenvalue weighted by atomic mass is 9.84. The zero-order chi connectivity index (χ0) is 20.6. The van der Waals surface area contributed by atoms with E-state index in [2.05, 4.69) is 16.3 Å². The molecule has 0 aromatic heterocycles. The van der Waals surface area contributed by atoms with Crippen molar-refractivity contribution in [1.29, 1.82) is 0 Å². The zero-order valence-electron chi connectivity index (χ0n) is 17.3. The van der Waals surface area contributed by atoms with Crippen molar-refractivity contribution in [2.24, 2.45) is 0 Å². The molecule has 7 nitrogen and oxygen atoms in total. The predicted octanol–water partition coefficient (Wildman–Crippen LogP) is 1.17. The summed E-state index contributed by atoms with van der Waals surface area (Å²) < 4.78 is 0. The van der Waals surface area contributed by atoms with Crippen LogP contribution in [-0.4, -0.2) is 71.8 Å². The Morgan fingerprint density at radius 2 is 1.83 bits per heavy atom. The van der Waals surface area contributed by atoms with Crippen LogP contribution in [0.4, 0.5) is 5.69 Å². The molecule has 1 spiro atoms. The third kappa shape index (κ3) is 3.88. The van der Waals surface area contributed by atoms with Crippen molar-refractivity contribution in [2.45, 2.75) is 51.1 Å². The first-order chi connectivity index (χ1) is 13.9. The molecule has 2 saturated heterocycles. The Kier molecular flexibility index (Phi) is 5.34. The van der Waals surface area contributed by atoms with Gasteiger partial charge in [-0.25, -0.2) is 0 Å². The highest BCUT2D eigenvalue weighted by molar-refractivity contribution is 5.96. The highest BCUT2D eigenvalue weighted by Crippen LogP contribution is 2.39. The molecule has 0 aliphatic carbocycles.